The Morgan fingerprint density at radius 1 is 1.00 bits per heavy atom. The molecule has 0 spiro atoms. The van der Waals surface area contributed by atoms with Crippen molar-refractivity contribution in [3.8, 4) is 11.3 Å². The van der Waals surface area contributed by atoms with Crippen LogP contribution in [-0.2, 0) is 6.42 Å². The smallest absolute Gasteiger partial charge is 0.137 e. The fourth-order valence-electron chi connectivity index (χ4n) is 2.34. The number of hydrogen-bond acceptors (Lipinski definition) is 1. The SMILES string of the molecule is Cc1cc2c(cc1C)-c1occ(C)c1C2. The molecule has 1 aliphatic carbocycles. The second-order valence-corrected chi connectivity index (χ2v) is 4.50. The summed E-state index contributed by atoms with van der Waals surface area (Å²) in [4.78, 5) is 0. The van der Waals surface area contributed by atoms with Gasteiger partial charge < -0.3 is 4.42 Å². The van der Waals surface area contributed by atoms with E-state index in [0.29, 0.717) is 0 Å². The third-order valence-electron chi connectivity index (χ3n) is 3.44. The molecule has 0 aliphatic heterocycles. The number of fused-ring (bicyclic) bond motifs is 3. The second kappa shape index (κ2) is 2.75. The summed E-state index contributed by atoms with van der Waals surface area (Å²) in [6.45, 7) is 6.44. The van der Waals surface area contributed by atoms with E-state index in [4.69, 9.17) is 4.42 Å². The largest absolute Gasteiger partial charge is 0.464 e. The van der Waals surface area contributed by atoms with Gasteiger partial charge in [-0.3, -0.25) is 0 Å². The first-order chi connectivity index (χ1) is 7.16. The normalized spacial score (nSPS) is 12.7. The molecule has 76 valence electrons. The maximum absolute atomic E-state index is 5.63. The molecule has 1 aliphatic rings. The second-order valence-electron chi connectivity index (χ2n) is 4.50. The average molecular weight is 198 g/mol. The lowest BCUT2D eigenvalue weighted by Crippen LogP contribution is -1.87. The Kier molecular flexibility index (Phi) is 1.61. The molecule has 0 fully saturated rings. The van der Waals surface area contributed by atoms with Gasteiger partial charge in [0.05, 0.1) is 6.26 Å². The lowest BCUT2D eigenvalue weighted by Gasteiger charge is -2.04. The van der Waals surface area contributed by atoms with Crippen LogP contribution in [0.15, 0.2) is 22.8 Å². The topological polar surface area (TPSA) is 13.1 Å². The summed E-state index contributed by atoms with van der Waals surface area (Å²) in [5, 5.41) is 0. The van der Waals surface area contributed by atoms with Gasteiger partial charge >= 0.3 is 0 Å². The molecule has 0 radical (unpaired) electrons. The molecule has 0 unspecified atom stereocenters. The molecule has 2 aromatic rings. The van der Waals surface area contributed by atoms with Crippen molar-refractivity contribution in [1.82, 2.24) is 0 Å². The summed E-state index contributed by atoms with van der Waals surface area (Å²) < 4.78 is 5.63. The van der Waals surface area contributed by atoms with E-state index in [2.05, 4.69) is 32.9 Å². The van der Waals surface area contributed by atoms with E-state index in [1.54, 1.807) is 0 Å². The highest BCUT2D eigenvalue weighted by atomic mass is 16.3. The number of aryl methyl sites for hydroxylation is 3. The molecule has 1 aromatic carbocycles. The zero-order chi connectivity index (χ0) is 10.6. The van der Waals surface area contributed by atoms with Gasteiger partial charge in [-0.1, -0.05) is 6.07 Å². The monoisotopic (exact) mass is 198 g/mol. The zero-order valence-electron chi connectivity index (χ0n) is 9.35. The van der Waals surface area contributed by atoms with Gasteiger partial charge in [0.25, 0.3) is 0 Å². The quantitative estimate of drug-likeness (QED) is 0.536. The Morgan fingerprint density at radius 3 is 2.53 bits per heavy atom. The van der Waals surface area contributed by atoms with Gasteiger partial charge in [0, 0.05) is 17.5 Å². The number of hydrogen-bond donors (Lipinski definition) is 0. The first-order valence-electron chi connectivity index (χ1n) is 5.34. The highest BCUT2D eigenvalue weighted by molar-refractivity contribution is 5.74. The molecule has 0 saturated carbocycles. The molecule has 0 amide bonds. The number of rotatable bonds is 0. The molecule has 0 atom stereocenters. The summed E-state index contributed by atoms with van der Waals surface area (Å²) in [6.07, 6.45) is 2.90. The highest BCUT2D eigenvalue weighted by Gasteiger charge is 2.24. The first-order valence-corrected chi connectivity index (χ1v) is 5.34. The van der Waals surface area contributed by atoms with Gasteiger partial charge in [-0.05, 0) is 49.1 Å². The van der Waals surface area contributed by atoms with Crippen molar-refractivity contribution in [2.24, 2.45) is 0 Å². The van der Waals surface area contributed by atoms with Gasteiger partial charge in [-0.2, -0.15) is 0 Å². The van der Waals surface area contributed by atoms with Crippen molar-refractivity contribution in [2.75, 3.05) is 0 Å². The van der Waals surface area contributed by atoms with Crippen LogP contribution >= 0.6 is 0 Å². The fourth-order valence-corrected chi connectivity index (χ4v) is 2.34. The van der Waals surface area contributed by atoms with Crippen LogP contribution in [0.5, 0.6) is 0 Å². The van der Waals surface area contributed by atoms with Gasteiger partial charge in [0.2, 0.25) is 0 Å². The molecule has 3 rings (SSSR count). The van der Waals surface area contributed by atoms with Crippen LogP contribution in [0.4, 0.5) is 0 Å². The fraction of sp³-hybridized carbons (Fsp3) is 0.286. The Balaban J connectivity index is 2.28. The van der Waals surface area contributed by atoms with Gasteiger partial charge in [-0.15, -0.1) is 0 Å². The van der Waals surface area contributed by atoms with Crippen molar-refractivity contribution in [1.29, 1.82) is 0 Å². The summed E-state index contributed by atoms with van der Waals surface area (Å²) in [5.74, 6) is 1.09. The standard InChI is InChI=1S/C14H14O/c1-8-4-11-6-12-10(3)7-15-14(12)13(11)5-9(8)2/h4-5,7H,6H2,1-3H3. The molecule has 1 heterocycles. The van der Waals surface area contributed by atoms with Gasteiger partial charge in [0.1, 0.15) is 5.76 Å². The molecule has 1 heteroatoms. The predicted octanol–water partition coefficient (Wildman–Crippen LogP) is 3.78. The average Bonchev–Trinajstić information content (AvgIpc) is 2.70. The minimum Gasteiger partial charge on any atom is -0.464 e. The predicted molar refractivity (Wildman–Crippen MR) is 61.2 cm³/mol. The lowest BCUT2D eigenvalue weighted by molar-refractivity contribution is 0.580. The van der Waals surface area contributed by atoms with E-state index in [1.807, 2.05) is 6.26 Å². The van der Waals surface area contributed by atoms with Crippen LogP contribution in [0, 0.1) is 20.8 Å². The van der Waals surface area contributed by atoms with Crippen LogP contribution in [0.1, 0.15) is 27.8 Å². The molecular formula is C14H14O. The third-order valence-corrected chi connectivity index (χ3v) is 3.44. The molecule has 0 saturated heterocycles. The molecular weight excluding hydrogens is 184 g/mol. The minimum absolute atomic E-state index is 1.04. The van der Waals surface area contributed by atoms with Gasteiger partial charge in [-0.25, -0.2) is 0 Å². The number of benzene rings is 1. The Bertz CT molecular complexity index is 547. The molecule has 1 nitrogen and oxygen atoms in total. The van der Waals surface area contributed by atoms with Crippen molar-refractivity contribution < 1.29 is 4.42 Å². The van der Waals surface area contributed by atoms with Crippen LogP contribution in [-0.4, -0.2) is 0 Å². The van der Waals surface area contributed by atoms with E-state index < -0.39 is 0 Å². The maximum Gasteiger partial charge on any atom is 0.137 e. The maximum atomic E-state index is 5.63. The summed E-state index contributed by atoms with van der Waals surface area (Å²) in [5.41, 5.74) is 8.07. The first kappa shape index (κ1) is 8.78. The molecule has 1 aromatic heterocycles. The zero-order valence-corrected chi connectivity index (χ0v) is 9.35. The molecule has 15 heavy (non-hydrogen) atoms. The van der Waals surface area contributed by atoms with Crippen LogP contribution in [0.25, 0.3) is 11.3 Å². The van der Waals surface area contributed by atoms with Crippen molar-refractivity contribution >= 4 is 0 Å². The minimum atomic E-state index is 1.04. The molecule has 0 N–H and O–H groups in total. The van der Waals surface area contributed by atoms with Crippen molar-refractivity contribution in [2.45, 2.75) is 27.2 Å². The lowest BCUT2D eigenvalue weighted by atomic mass is 10.0. The van der Waals surface area contributed by atoms with Crippen LogP contribution in [0.2, 0.25) is 0 Å². The summed E-state index contributed by atoms with van der Waals surface area (Å²) in [7, 11) is 0. The number of furan rings is 1. The highest BCUT2D eigenvalue weighted by Crippen LogP contribution is 2.40. The Hall–Kier alpha value is -1.50. The Labute approximate surface area is 89.7 Å². The van der Waals surface area contributed by atoms with E-state index in [1.165, 1.54) is 33.4 Å². The van der Waals surface area contributed by atoms with E-state index in [-0.39, 0.29) is 0 Å². The molecule has 0 bridgehead atoms. The van der Waals surface area contributed by atoms with E-state index >= 15 is 0 Å². The van der Waals surface area contributed by atoms with Crippen molar-refractivity contribution in [3.63, 3.8) is 0 Å². The Morgan fingerprint density at radius 2 is 1.73 bits per heavy atom. The van der Waals surface area contributed by atoms with Crippen LogP contribution in [0.3, 0.4) is 0 Å². The van der Waals surface area contributed by atoms with Crippen molar-refractivity contribution in [3.05, 3.63) is 46.2 Å². The summed E-state index contributed by atoms with van der Waals surface area (Å²) in [6, 6.07) is 4.54. The van der Waals surface area contributed by atoms with Crippen LogP contribution < -0.4 is 0 Å². The van der Waals surface area contributed by atoms with E-state index in [9.17, 15) is 0 Å². The van der Waals surface area contributed by atoms with Gasteiger partial charge in [0.15, 0.2) is 0 Å². The van der Waals surface area contributed by atoms with E-state index in [0.717, 1.165) is 12.2 Å². The third kappa shape index (κ3) is 1.09. The summed E-state index contributed by atoms with van der Waals surface area (Å²) >= 11 is 0.